The number of ether oxygens (including phenoxy) is 1. The summed E-state index contributed by atoms with van der Waals surface area (Å²) in [6, 6.07) is 9.32. The zero-order valence-electron chi connectivity index (χ0n) is 11.6. The molecule has 1 saturated heterocycles. The smallest absolute Gasteiger partial charge is 0.349 e. The van der Waals surface area contributed by atoms with Crippen LogP contribution in [0.5, 0.6) is 0 Å². The summed E-state index contributed by atoms with van der Waals surface area (Å²) >= 11 is 0. The summed E-state index contributed by atoms with van der Waals surface area (Å²) in [5.74, 6) is 0. The Morgan fingerprint density at radius 3 is 2.50 bits per heavy atom. The first kappa shape index (κ1) is 14.9. The normalized spacial score (nSPS) is 28.0. The number of benzene rings is 1. The number of aromatic nitrogens is 2. The Morgan fingerprint density at radius 2 is 1.86 bits per heavy atom. The van der Waals surface area contributed by atoms with Gasteiger partial charge < -0.3 is 20.1 Å². The van der Waals surface area contributed by atoms with Crippen LogP contribution in [0.25, 0.3) is 11.1 Å². The second-order valence-electron chi connectivity index (χ2n) is 5.13. The number of rotatable bonds is 3. The second kappa shape index (κ2) is 5.98. The Morgan fingerprint density at radius 1 is 1.14 bits per heavy atom. The highest BCUT2D eigenvalue weighted by molar-refractivity contribution is 5.61. The molecule has 1 aliphatic rings. The van der Waals surface area contributed by atoms with Crippen molar-refractivity contribution in [2.24, 2.45) is 0 Å². The Balaban J connectivity index is 1.99. The molecule has 4 atom stereocenters. The van der Waals surface area contributed by atoms with Crippen molar-refractivity contribution in [2.75, 3.05) is 6.61 Å². The van der Waals surface area contributed by atoms with E-state index in [0.717, 1.165) is 10.1 Å². The van der Waals surface area contributed by atoms with Gasteiger partial charge in [-0.3, -0.25) is 4.57 Å². The maximum Gasteiger partial charge on any atom is 0.349 e. The van der Waals surface area contributed by atoms with E-state index in [0.29, 0.717) is 5.56 Å². The average molecular weight is 304 g/mol. The minimum Gasteiger partial charge on any atom is -0.394 e. The summed E-state index contributed by atoms with van der Waals surface area (Å²) in [6.07, 6.45) is -1.64. The third-order valence-corrected chi connectivity index (χ3v) is 3.71. The highest BCUT2D eigenvalue weighted by Gasteiger charge is 2.43. The van der Waals surface area contributed by atoms with Crippen molar-refractivity contribution in [2.45, 2.75) is 24.5 Å². The number of hydrogen-bond donors (Lipinski definition) is 3. The fourth-order valence-electron chi connectivity index (χ4n) is 2.50. The van der Waals surface area contributed by atoms with Crippen molar-refractivity contribution in [3.8, 4) is 11.1 Å². The molecule has 116 valence electrons. The highest BCUT2D eigenvalue weighted by Crippen LogP contribution is 2.29. The van der Waals surface area contributed by atoms with Crippen LogP contribution >= 0.6 is 0 Å². The lowest BCUT2D eigenvalue weighted by Crippen LogP contribution is -2.35. The van der Waals surface area contributed by atoms with Crippen LogP contribution in [0.3, 0.4) is 0 Å². The van der Waals surface area contributed by atoms with Gasteiger partial charge in [-0.25, -0.2) is 9.78 Å². The van der Waals surface area contributed by atoms with Crippen molar-refractivity contribution in [3.05, 3.63) is 53.2 Å². The zero-order chi connectivity index (χ0) is 15.7. The Hall–Kier alpha value is -2.06. The largest absolute Gasteiger partial charge is 0.394 e. The summed E-state index contributed by atoms with van der Waals surface area (Å²) in [6.45, 7) is -0.449. The summed E-state index contributed by atoms with van der Waals surface area (Å²) in [7, 11) is 0. The molecule has 1 aromatic heterocycles. The molecule has 1 aliphatic heterocycles. The molecule has 1 aromatic carbocycles. The molecule has 0 unspecified atom stereocenters. The molecular weight excluding hydrogens is 288 g/mol. The Labute approximate surface area is 126 Å². The van der Waals surface area contributed by atoms with E-state index >= 15 is 0 Å². The molecule has 3 rings (SSSR count). The maximum absolute atomic E-state index is 12.0. The van der Waals surface area contributed by atoms with Crippen molar-refractivity contribution in [3.63, 3.8) is 0 Å². The van der Waals surface area contributed by atoms with Gasteiger partial charge in [-0.05, 0) is 5.56 Å². The van der Waals surface area contributed by atoms with E-state index in [1.54, 1.807) is 0 Å². The monoisotopic (exact) mass is 304 g/mol. The van der Waals surface area contributed by atoms with Crippen molar-refractivity contribution < 1.29 is 20.1 Å². The van der Waals surface area contributed by atoms with Gasteiger partial charge in [0.25, 0.3) is 0 Å². The fraction of sp³-hybridized carbons (Fsp3) is 0.333. The number of aliphatic hydroxyl groups is 3. The minimum absolute atomic E-state index is 0.449. The van der Waals surface area contributed by atoms with Crippen LogP contribution in [0.4, 0.5) is 0 Å². The molecule has 2 aromatic rings. The van der Waals surface area contributed by atoms with Crippen molar-refractivity contribution >= 4 is 0 Å². The minimum atomic E-state index is -1.32. The van der Waals surface area contributed by atoms with Crippen LogP contribution < -0.4 is 5.69 Å². The van der Waals surface area contributed by atoms with Crippen LogP contribution in [0, 0.1) is 0 Å². The van der Waals surface area contributed by atoms with Gasteiger partial charge in [0, 0.05) is 18.0 Å². The molecule has 0 bridgehead atoms. The summed E-state index contributed by atoms with van der Waals surface area (Å²) in [5.41, 5.74) is 0.933. The fourth-order valence-corrected chi connectivity index (χ4v) is 2.50. The van der Waals surface area contributed by atoms with E-state index in [1.165, 1.54) is 12.4 Å². The van der Waals surface area contributed by atoms with E-state index in [-0.39, 0.29) is 0 Å². The van der Waals surface area contributed by atoms with Crippen LogP contribution in [-0.2, 0) is 4.74 Å². The molecule has 0 radical (unpaired) electrons. The van der Waals surface area contributed by atoms with Crippen LogP contribution in [0.15, 0.2) is 47.5 Å². The SMILES string of the molecule is O=c1ncc(-c2ccccc2)cn1[C@@H]1O[C@H](CO)[C@H](O)[C@H]1O. The van der Waals surface area contributed by atoms with Crippen LogP contribution in [-0.4, -0.2) is 49.8 Å². The second-order valence-corrected chi connectivity index (χ2v) is 5.13. The predicted octanol–water partition coefficient (Wildman–Crippen LogP) is -0.478. The molecule has 22 heavy (non-hydrogen) atoms. The van der Waals surface area contributed by atoms with E-state index in [9.17, 15) is 15.0 Å². The standard InChI is InChI=1S/C15H16N2O5/c18-8-11-12(19)13(20)14(22-11)17-7-10(6-16-15(17)21)9-4-2-1-3-5-9/h1-7,11-14,18-20H,8H2/t11-,12+,13-,14-/m1/s1. The first-order valence-electron chi connectivity index (χ1n) is 6.88. The van der Waals surface area contributed by atoms with E-state index in [1.807, 2.05) is 30.3 Å². The Bertz CT molecular complexity index is 703. The number of hydrogen-bond acceptors (Lipinski definition) is 6. The first-order chi connectivity index (χ1) is 10.6. The lowest BCUT2D eigenvalue weighted by Gasteiger charge is -2.17. The number of nitrogens with zero attached hydrogens (tertiary/aromatic N) is 2. The first-order valence-corrected chi connectivity index (χ1v) is 6.88. The molecule has 0 spiro atoms. The topological polar surface area (TPSA) is 105 Å². The predicted molar refractivity (Wildman–Crippen MR) is 76.9 cm³/mol. The van der Waals surface area contributed by atoms with Gasteiger partial charge in [0.2, 0.25) is 0 Å². The van der Waals surface area contributed by atoms with E-state index in [2.05, 4.69) is 4.98 Å². The lowest BCUT2D eigenvalue weighted by atomic mass is 10.1. The zero-order valence-corrected chi connectivity index (χ0v) is 11.6. The van der Waals surface area contributed by atoms with Crippen LogP contribution in [0.2, 0.25) is 0 Å². The van der Waals surface area contributed by atoms with Gasteiger partial charge in [0.05, 0.1) is 6.61 Å². The summed E-state index contributed by atoms with van der Waals surface area (Å²) in [5, 5.41) is 28.9. The molecular formula is C15H16N2O5. The quantitative estimate of drug-likeness (QED) is 0.707. The van der Waals surface area contributed by atoms with Gasteiger partial charge in [0.15, 0.2) is 6.23 Å². The van der Waals surface area contributed by atoms with Gasteiger partial charge in [0.1, 0.15) is 18.3 Å². The van der Waals surface area contributed by atoms with Gasteiger partial charge in [-0.2, -0.15) is 0 Å². The molecule has 3 N–H and O–H groups in total. The molecule has 7 nitrogen and oxygen atoms in total. The molecule has 7 heteroatoms. The Kier molecular flexibility index (Phi) is 4.04. The third-order valence-electron chi connectivity index (χ3n) is 3.71. The van der Waals surface area contributed by atoms with E-state index < -0.39 is 36.8 Å². The molecule has 2 heterocycles. The summed E-state index contributed by atoms with van der Waals surface area (Å²) in [4.78, 5) is 15.7. The van der Waals surface area contributed by atoms with Crippen molar-refractivity contribution in [1.29, 1.82) is 0 Å². The highest BCUT2D eigenvalue weighted by atomic mass is 16.6. The number of aliphatic hydroxyl groups excluding tert-OH is 3. The summed E-state index contributed by atoms with van der Waals surface area (Å²) < 4.78 is 6.50. The van der Waals surface area contributed by atoms with Crippen molar-refractivity contribution in [1.82, 2.24) is 9.55 Å². The molecule has 0 aliphatic carbocycles. The van der Waals surface area contributed by atoms with Crippen LogP contribution in [0.1, 0.15) is 6.23 Å². The molecule has 0 saturated carbocycles. The lowest BCUT2D eigenvalue weighted by molar-refractivity contribution is -0.0549. The van der Waals surface area contributed by atoms with Gasteiger partial charge in [-0.15, -0.1) is 0 Å². The molecule has 1 fully saturated rings. The molecule has 0 amide bonds. The average Bonchev–Trinajstić information content (AvgIpc) is 2.84. The van der Waals surface area contributed by atoms with Gasteiger partial charge in [-0.1, -0.05) is 30.3 Å². The van der Waals surface area contributed by atoms with E-state index in [4.69, 9.17) is 9.84 Å². The third kappa shape index (κ3) is 2.55. The van der Waals surface area contributed by atoms with Gasteiger partial charge >= 0.3 is 5.69 Å². The maximum atomic E-state index is 12.0.